The molecule has 1 aromatic heterocycles. The molecule has 1 N–H and O–H groups in total. The maximum atomic E-state index is 12.5. The van der Waals surface area contributed by atoms with Gasteiger partial charge in [-0.05, 0) is 36.8 Å². The number of likely N-dealkylation sites (tertiary alicyclic amines) is 1. The van der Waals surface area contributed by atoms with E-state index >= 15 is 0 Å². The lowest BCUT2D eigenvalue weighted by Crippen LogP contribution is -2.45. The second-order valence-corrected chi connectivity index (χ2v) is 7.74. The fourth-order valence-corrected chi connectivity index (χ4v) is 4.83. The second kappa shape index (κ2) is 6.56. The minimum atomic E-state index is 0.263. The highest BCUT2D eigenvalue weighted by Crippen LogP contribution is 2.36. The van der Waals surface area contributed by atoms with Crippen molar-refractivity contribution in [2.75, 3.05) is 18.8 Å². The van der Waals surface area contributed by atoms with Crippen molar-refractivity contribution in [1.82, 2.24) is 14.9 Å². The van der Waals surface area contributed by atoms with E-state index < -0.39 is 0 Å². The van der Waals surface area contributed by atoms with Gasteiger partial charge in [-0.25, -0.2) is 4.98 Å². The first kappa shape index (κ1) is 15.1. The number of carbonyl (C=O) groups is 1. The minimum Gasteiger partial charge on any atom is -0.342 e. The molecule has 0 unspecified atom stereocenters. The normalized spacial score (nSPS) is 24.6. The van der Waals surface area contributed by atoms with Crippen LogP contribution in [0, 0.1) is 11.8 Å². The van der Waals surface area contributed by atoms with Crippen molar-refractivity contribution in [1.29, 1.82) is 0 Å². The lowest BCUT2D eigenvalue weighted by molar-refractivity contribution is -0.131. The van der Waals surface area contributed by atoms with Crippen LogP contribution in [0.25, 0.3) is 11.0 Å². The molecule has 4 nitrogen and oxygen atoms in total. The van der Waals surface area contributed by atoms with E-state index in [0.717, 1.165) is 41.1 Å². The fourth-order valence-electron chi connectivity index (χ4n) is 4.05. The Morgan fingerprint density at radius 2 is 2.04 bits per heavy atom. The number of benzene rings is 1. The minimum absolute atomic E-state index is 0.263. The van der Waals surface area contributed by atoms with Gasteiger partial charge in [0.25, 0.3) is 0 Å². The molecule has 0 bridgehead atoms. The number of piperidine rings is 1. The van der Waals surface area contributed by atoms with Crippen molar-refractivity contribution in [2.24, 2.45) is 11.8 Å². The van der Waals surface area contributed by atoms with Gasteiger partial charge < -0.3 is 9.88 Å². The van der Waals surface area contributed by atoms with Crippen molar-refractivity contribution in [3.05, 3.63) is 24.3 Å². The van der Waals surface area contributed by atoms with E-state index in [2.05, 4.69) is 14.9 Å². The summed E-state index contributed by atoms with van der Waals surface area (Å²) in [5.41, 5.74) is 2.00. The predicted octanol–water partition coefficient (Wildman–Crippen LogP) is 3.69. The summed E-state index contributed by atoms with van der Waals surface area (Å²) in [5.74, 6) is 2.37. The molecule has 1 aliphatic carbocycles. The van der Waals surface area contributed by atoms with Crippen molar-refractivity contribution in [3.63, 3.8) is 0 Å². The number of nitrogens with zero attached hydrogens (tertiary/aromatic N) is 2. The molecular formula is C18H23N3OS. The van der Waals surface area contributed by atoms with Crippen LogP contribution >= 0.6 is 11.8 Å². The number of aromatic nitrogens is 2. The number of hydrogen-bond acceptors (Lipinski definition) is 3. The van der Waals surface area contributed by atoms with Crippen LogP contribution in [0.1, 0.15) is 32.1 Å². The summed E-state index contributed by atoms with van der Waals surface area (Å²) in [4.78, 5) is 22.4. The van der Waals surface area contributed by atoms with Crippen LogP contribution in [-0.2, 0) is 4.79 Å². The van der Waals surface area contributed by atoms with Crippen molar-refractivity contribution >= 4 is 28.7 Å². The molecule has 0 spiro atoms. The Labute approximate surface area is 141 Å². The van der Waals surface area contributed by atoms with Crippen LogP contribution in [0.5, 0.6) is 0 Å². The first-order valence-electron chi connectivity index (χ1n) is 8.65. The average Bonchev–Trinajstić information content (AvgIpc) is 3.02. The van der Waals surface area contributed by atoms with E-state index in [1.54, 1.807) is 0 Å². The highest BCUT2D eigenvalue weighted by molar-refractivity contribution is 7.99. The zero-order valence-corrected chi connectivity index (χ0v) is 14.1. The first-order valence-corrected chi connectivity index (χ1v) is 9.63. The maximum absolute atomic E-state index is 12.5. The fraction of sp³-hybridized carbons (Fsp3) is 0.556. The smallest absolute Gasteiger partial charge is 0.233 e. The highest BCUT2D eigenvalue weighted by Gasteiger charge is 2.32. The standard InChI is InChI=1S/C18H23N3OS/c22-17(21-10-9-13-5-1-2-6-14(13)11-21)12-23-18-19-15-7-3-4-8-16(15)20-18/h3-4,7-8,13-14H,1-2,5-6,9-12H2,(H,19,20)/t13-,14-/m0/s1. The van der Waals surface area contributed by atoms with Crippen LogP contribution in [0.2, 0.25) is 0 Å². The van der Waals surface area contributed by atoms with Gasteiger partial charge in [-0.3, -0.25) is 4.79 Å². The molecule has 5 heteroatoms. The summed E-state index contributed by atoms with van der Waals surface area (Å²) >= 11 is 1.52. The molecule has 2 aliphatic rings. The van der Waals surface area contributed by atoms with Gasteiger partial charge in [-0.1, -0.05) is 43.2 Å². The molecule has 2 atom stereocenters. The summed E-state index contributed by atoms with van der Waals surface area (Å²) in [6.45, 7) is 1.92. The number of fused-ring (bicyclic) bond motifs is 2. The Balaban J connectivity index is 1.34. The number of aromatic amines is 1. The molecule has 1 amide bonds. The molecule has 0 radical (unpaired) electrons. The Morgan fingerprint density at radius 1 is 1.22 bits per heavy atom. The molecule has 23 heavy (non-hydrogen) atoms. The van der Waals surface area contributed by atoms with Gasteiger partial charge in [-0.15, -0.1) is 0 Å². The number of carbonyl (C=O) groups excluding carboxylic acids is 1. The molecule has 2 aromatic rings. The molecule has 1 aromatic carbocycles. The summed E-state index contributed by atoms with van der Waals surface area (Å²) < 4.78 is 0. The van der Waals surface area contributed by atoms with Crippen LogP contribution in [0.15, 0.2) is 29.4 Å². The Hall–Kier alpha value is -1.49. The van der Waals surface area contributed by atoms with Gasteiger partial charge in [0.05, 0.1) is 16.8 Å². The first-order chi connectivity index (χ1) is 11.3. The van der Waals surface area contributed by atoms with Crippen LogP contribution in [0.4, 0.5) is 0 Å². The zero-order chi connectivity index (χ0) is 15.6. The monoisotopic (exact) mass is 329 g/mol. The van der Waals surface area contributed by atoms with Gasteiger partial charge in [0.2, 0.25) is 5.91 Å². The Kier molecular flexibility index (Phi) is 4.29. The molecule has 4 rings (SSSR count). The molecular weight excluding hydrogens is 306 g/mol. The second-order valence-electron chi connectivity index (χ2n) is 6.78. The average molecular weight is 329 g/mol. The number of para-hydroxylation sites is 2. The number of hydrogen-bond donors (Lipinski definition) is 1. The van der Waals surface area contributed by atoms with Gasteiger partial charge in [0.1, 0.15) is 0 Å². The molecule has 1 saturated carbocycles. The molecule has 122 valence electrons. The summed E-state index contributed by atoms with van der Waals surface area (Å²) in [6, 6.07) is 7.99. The van der Waals surface area contributed by atoms with Crippen LogP contribution in [0.3, 0.4) is 0 Å². The van der Waals surface area contributed by atoms with E-state index in [1.807, 2.05) is 24.3 Å². The highest BCUT2D eigenvalue weighted by atomic mass is 32.2. The summed E-state index contributed by atoms with van der Waals surface area (Å²) in [5, 5.41) is 0.840. The third-order valence-corrected chi connectivity index (χ3v) is 6.20. The molecule has 2 heterocycles. The lowest BCUT2D eigenvalue weighted by Gasteiger charge is -2.41. The van der Waals surface area contributed by atoms with Gasteiger partial charge in [0, 0.05) is 13.1 Å². The number of H-pyrrole nitrogens is 1. The molecule has 2 fully saturated rings. The van der Waals surface area contributed by atoms with E-state index in [9.17, 15) is 4.79 Å². The largest absolute Gasteiger partial charge is 0.342 e. The maximum Gasteiger partial charge on any atom is 0.233 e. The summed E-state index contributed by atoms with van der Waals surface area (Å²) in [7, 11) is 0. The van der Waals surface area contributed by atoms with Crippen LogP contribution < -0.4 is 0 Å². The van der Waals surface area contributed by atoms with E-state index in [1.165, 1.54) is 43.9 Å². The van der Waals surface area contributed by atoms with E-state index in [4.69, 9.17) is 0 Å². The quantitative estimate of drug-likeness (QED) is 0.874. The number of amides is 1. The SMILES string of the molecule is O=C(CSc1nc2ccccc2[nH]1)N1CC[C@@H]2CCCC[C@H]2C1. The lowest BCUT2D eigenvalue weighted by atomic mass is 9.75. The number of imidazole rings is 1. The van der Waals surface area contributed by atoms with Crippen molar-refractivity contribution in [2.45, 2.75) is 37.3 Å². The molecule has 1 saturated heterocycles. The van der Waals surface area contributed by atoms with Crippen molar-refractivity contribution < 1.29 is 4.79 Å². The third kappa shape index (κ3) is 3.25. The third-order valence-electron chi connectivity index (χ3n) is 5.34. The van der Waals surface area contributed by atoms with Gasteiger partial charge >= 0.3 is 0 Å². The molecule has 1 aliphatic heterocycles. The van der Waals surface area contributed by atoms with E-state index in [0.29, 0.717) is 5.75 Å². The van der Waals surface area contributed by atoms with Crippen molar-refractivity contribution in [3.8, 4) is 0 Å². The number of rotatable bonds is 3. The zero-order valence-electron chi connectivity index (χ0n) is 13.3. The summed E-state index contributed by atoms with van der Waals surface area (Å²) in [6.07, 6.45) is 6.62. The Morgan fingerprint density at radius 3 is 2.91 bits per heavy atom. The number of thioether (sulfide) groups is 1. The van der Waals surface area contributed by atoms with Gasteiger partial charge in [-0.2, -0.15) is 0 Å². The Bertz CT molecular complexity index is 665. The topological polar surface area (TPSA) is 49.0 Å². The van der Waals surface area contributed by atoms with Gasteiger partial charge in [0.15, 0.2) is 5.16 Å². The predicted molar refractivity (Wildman–Crippen MR) is 93.5 cm³/mol. The van der Waals surface area contributed by atoms with E-state index in [-0.39, 0.29) is 5.91 Å². The number of nitrogens with one attached hydrogen (secondary N) is 1. The van der Waals surface area contributed by atoms with Crippen LogP contribution in [-0.4, -0.2) is 39.6 Å².